The predicted molar refractivity (Wildman–Crippen MR) is 74.5 cm³/mol. The molecule has 0 radical (unpaired) electrons. The summed E-state index contributed by atoms with van der Waals surface area (Å²) in [4.78, 5) is 4.61. The lowest BCUT2D eigenvalue weighted by atomic mass is 9.75. The third-order valence-electron chi connectivity index (χ3n) is 4.00. The van der Waals surface area contributed by atoms with Gasteiger partial charge in [-0.25, -0.2) is 4.98 Å². The van der Waals surface area contributed by atoms with Crippen LogP contribution in [-0.2, 0) is 13.5 Å². The van der Waals surface area contributed by atoms with Crippen LogP contribution in [0.5, 0.6) is 0 Å². The molecule has 98 valence electrons. The van der Waals surface area contributed by atoms with Crippen molar-refractivity contribution < 1.29 is 5.11 Å². The normalized spacial score (nSPS) is 15.9. The molecule has 0 aliphatic carbocycles. The number of rotatable bonds is 2. The quantitative estimate of drug-likeness (QED) is 0.884. The molecule has 0 fully saturated rings. The molecule has 0 aliphatic heterocycles. The molecule has 0 spiro atoms. The van der Waals surface area contributed by atoms with Gasteiger partial charge < -0.3 is 9.67 Å². The van der Waals surface area contributed by atoms with E-state index < -0.39 is 5.60 Å². The molecule has 1 heterocycles. The van der Waals surface area contributed by atoms with E-state index in [0.717, 1.165) is 16.9 Å². The molecule has 1 aromatic heterocycles. The van der Waals surface area contributed by atoms with Crippen LogP contribution in [-0.4, -0.2) is 20.3 Å². The van der Waals surface area contributed by atoms with Crippen LogP contribution in [0.2, 0.25) is 0 Å². The molecule has 2 aromatic rings. The molecule has 3 heteroatoms. The average Bonchev–Trinajstić information content (AvgIpc) is 2.54. The number of imidazole rings is 1. The summed E-state index contributed by atoms with van der Waals surface area (Å²) >= 11 is 0. The molecule has 0 aliphatic rings. The highest BCUT2D eigenvalue weighted by Crippen LogP contribution is 2.33. The average molecular weight is 246 g/mol. The maximum atomic E-state index is 10.6. The standard InChI is InChI=1S/C15H22N2O/c1-14(2,3)15(4,18)10-13-16-11-8-6-7-9-12(11)17(13)5/h6-9,18H,10H2,1-5H3. The van der Waals surface area contributed by atoms with Gasteiger partial charge in [-0.3, -0.25) is 0 Å². The first-order valence-electron chi connectivity index (χ1n) is 6.35. The van der Waals surface area contributed by atoms with Gasteiger partial charge in [-0.15, -0.1) is 0 Å². The van der Waals surface area contributed by atoms with Crippen LogP contribution in [0.15, 0.2) is 24.3 Å². The largest absolute Gasteiger partial charge is 0.389 e. The minimum atomic E-state index is -0.776. The van der Waals surface area contributed by atoms with E-state index >= 15 is 0 Å². The summed E-state index contributed by atoms with van der Waals surface area (Å²) in [5, 5.41) is 10.6. The third-order valence-corrected chi connectivity index (χ3v) is 4.00. The van der Waals surface area contributed by atoms with Crippen molar-refractivity contribution in [1.82, 2.24) is 9.55 Å². The molecule has 1 atom stereocenters. The van der Waals surface area contributed by atoms with Crippen LogP contribution in [0.4, 0.5) is 0 Å². The van der Waals surface area contributed by atoms with Gasteiger partial charge in [0.1, 0.15) is 5.82 Å². The maximum absolute atomic E-state index is 10.6. The Kier molecular flexibility index (Phi) is 2.98. The highest BCUT2D eigenvalue weighted by Gasteiger charge is 2.36. The van der Waals surface area contributed by atoms with Crippen LogP contribution in [0.25, 0.3) is 11.0 Å². The Labute approximate surface area is 108 Å². The second-order valence-corrected chi connectivity index (χ2v) is 6.28. The summed E-state index contributed by atoms with van der Waals surface area (Å²) in [6, 6.07) is 8.05. The first kappa shape index (κ1) is 13.1. The minimum Gasteiger partial charge on any atom is -0.389 e. The van der Waals surface area contributed by atoms with Crippen molar-refractivity contribution in [2.75, 3.05) is 0 Å². The number of aliphatic hydroxyl groups is 1. The Hall–Kier alpha value is -1.35. The van der Waals surface area contributed by atoms with E-state index in [-0.39, 0.29) is 5.41 Å². The van der Waals surface area contributed by atoms with Crippen molar-refractivity contribution in [1.29, 1.82) is 0 Å². The van der Waals surface area contributed by atoms with E-state index in [1.807, 2.05) is 32.2 Å². The van der Waals surface area contributed by atoms with Gasteiger partial charge in [0.2, 0.25) is 0 Å². The lowest BCUT2D eigenvalue weighted by molar-refractivity contribution is -0.0424. The van der Waals surface area contributed by atoms with E-state index in [0.29, 0.717) is 6.42 Å². The smallest absolute Gasteiger partial charge is 0.112 e. The van der Waals surface area contributed by atoms with Gasteiger partial charge in [0, 0.05) is 13.5 Å². The van der Waals surface area contributed by atoms with E-state index in [2.05, 4.69) is 36.4 Å². The summed E-state index contributed by atoms with van der Waals surface area (Å²) in [7, 11) is 2.00. The van der Waals surface area contributed by atoms with Crippen molar-refractivity contribution in [3.8, 4) is 0 Å². The second-order valence-electron chi connectivity index (χ2n) is 6.28. The fourth-order valence-electron chi connectivity index (χ4n) is 1.93. The number of hydrogen-bond donors (Lipinski definition) is 1. The zero-order chi connectivity index (χ0) is 13.6. The van der Waals surface area contributed by atoms with E-state index in [1.165, 1.54) is 0 Å². The molecule has 3 nitrogen and oxygen atoms in total. The third kappa shape index (κ3) is 2.15. The SMILES string of the molecule is Cn1c(CC(C)(O)C(C)(C)C)nc2ccccc21. The lowest BCUT2D eigenvalue weighted by Crippen LogP contribution is -2.42. The molecule has 0 bridgehead atoms. The highest BCUT2D eigenvalue weighted by atomic mass is 16.3. The van der Waals surface area contributed by atoms with Crippen LogP contribution in [0.1, 0.15) is 33.5 Å². The second kappa shape index (κ2) is 4.09. The highest BCUT2D eigenvalue weighted by molar-refractivity contribution is 5.75. The number of aromatic nitrogens is 2. The molecule has 1 aromatic carbocycles. The van der Waals surface area contributed by atoms with Crippen LogP contribution >= 0.6 is 0 Å². The number of benzene rings is 1. The molecule has 0 saturated heterocycles. The van der Waals surface area contributed by atoms with Gasteiger partial charge in [0.05, 0.1) is 16.6 Å². The molecule has 1 N–H and O–H groups in total. The van der Waals surface area contributed by atoms with E-state index in [4.69, 9.17) is 0 Å². The summed E-state index contributed by atoms with van der Waals surface area (Å²) < 4.78 is 2.07. The van der Waals surface area contributed by atoms with Gasteiger partial charge in [-0.2, -0.15) is 0 Å². The van der Waals surface area contributed by atoms with Crippen molar-refractivity contribution in [2.24, 2.45) is 12.5 Å². The Morgan fingerprint density at radius 1 is 1.17 bits per heavy atom. The van der Waals surface area contributed by atoms with Crippen molar-refractivity contribution >= 4 is 11.0 Å². The monoisotopic (exact) mass is 246 g/mol. The van der Waals surface area contributed by atoms with Gasteiger partial charge in [-0.1, -0.05) is 32.9 Å². The first-order valence-corrected chi connectivity index (χ1v) is 6.35. The topological polar surface area (TPSA) is 38.0 Å². The molecule has 0 saturated carbocycles. The molecular weight excluding hydrogens is 224 g/mol. The Morgan fingerprint density at radius 2 is 1.78 bits per heavy atom. The number of hydrogen-bond acceptors (Lipinski definition) is 2. The van der Waals surface area contributed by atoms with Gasteiger partial charge in [0.25, 0.3) is 0 Å². The lowest BCUT2D eigenvalue weighted by Gasteiger charge is -2.36. The predicted octanol–water partition coefficient (Wildman–Crippen LogP) is 2.91. The molecule has 1 unspecified atom stereocenters. The summed E-state index contributed by atoms with van der Waals surface area (Å²) in [5.74, 6) is 0.927. The summed E-state index contributed by atoms with van der Waals surface area (Å²) in [5.41, 5.74) is 1.14. The van der Waals surface area contributed by atoms with Gasteiger partial charge in [-0.05, 0) is 24.5 Å². The summed E-state index contributed by atoms with van der Waals surface area (Å²) in [6.45, 7) is 8.04. The molecule has 2 rings (SSSR count). The van der Waals surface area contributed by atoms with E-state index in [9.17, 15) is 5.11 Å². The zero-order valence-electron chi connectivity index (χ0n) is 11.9. The fraction of sp³-hybridized carbons (Fsp3) is 0.533. The summed E-state index contributed by atoms with van der Waals surface area (Å²) in [6.07, 6.45) is 0.557. The Morgan fingerprint density at radius 3 is 2.33 bits per heavy atom. The minimum absolute atomic E-state index is 0.175. The number of fused-ring (bicyclic) bond motifs is 1. The van der Waals surface area contributed by atoms with Crippen molar-refractivity contribution in [3.05, 3.63) is 30.1 Å². The van der Waals surface area contributed by atoms with Crippen molar-refractivity contribution in [2.45, 2.75) is 39.7 Å². The van der Waals surface area contributed by atoms with Gasteiger partial charge in [0.15, 0.2) is 0 Å². The van der Waals surface area contributed by atoms with Crippen LogP contribution < -0.4 is 0 Å². The first-order chi connectivity index (χ1) is 8.22. The molecule has 0 amide bonds. The number of aryl methyl sites for hydroxylation is 1. The van der Waals surface area contributed by atoms with Crippen molar-refractivity contribution in [3.63, 3.8) is 0 Å². The van der Waals surface area contributed by atoms with Crippen LogP contribution in [0, 0.1) is 5.41 Å². The Balaban J connectivity index is 2.41. The number of para-hydroxylation sites is 2. The number of nitrogens with zero attached hydrogens (tertiary/aromatic N) is 2. The maximum Gasteiger partial charge on any atom is 0.112 e. The van der Waals surface area contributed by atoms with E-state index in [1.54, 1.807) is 0 Å². The van der Waals surface area contributed by atoms with Crippen LogP contribution in [0.3, 0.4) is 0 Å². The zero-order valence-corrected chi connectivity index (χ0v) is 11.9. The fourth-order valence-corrected chi connectivity index (χ4v) is 1.93. The van der Waals surface area contributed by atoms with Gasteiger partial charge >= 0.3 is 0 Å². The molecular formula is C15H22N2O. The Bertz CT molecular complexity index is 561. The molecule has 18 heavy (non-hydrogen) atoms.